The summed E-state index contributed by atoms with van der Waals surface area (Å²) in [6, 6.07) is 5.23. The van der Waals surface area contributed by atoms with Crippen molar-refractivity contribution >= 4 is 5.96 Å². The van der Waals surface area contributed by atoms with Gasteiger partial charge >= 0.3 is 0 Å². The molecule has 1 saturated heterocycles. The zero-order chi connectivity index (χ0) is 20.5. The van der Waals surface area contributed by atoms with Crippen molar-refractivity contribution in [1.82, 2.24) is 19.8 Å². The number of rotatable bonds is 8. The van der Waals surface area contributed by atoms with E-state index in [-0.39, 0.29) is 5.82 Å². The van der Waals surface area contributed by atoms with Gasteiger partial charge in [-0.1, -0.05) is 6.07 Å². The molecule has 7 nitrogen and oxygen atoms in total. The van der Waals surface area contributed by atoms with Crippen LogP contribution in [-0.4, -0.2) is 67.0 Å². The lowest BCUT2D eigenvalue weighted by atomic mass is 10.1. The Morgan fingerprint density at radius 3 is 2.79 bits per heavy atom. The van der Waals surface area contributed by atoms with E-state index in [9.17, 15) is 4.39 Å². The Bertz CT molecular complexity index is 773. The van der Waals surface area contributed by atoms with Crippen molar-refractivity contribution in [3.05, 3.63) is 48.3 Å². The second-order valence-electron chi connectivity index (χ2n) is 7.06. The highest BCUT2D eigenvalue weighted by atomic mass is 19.1. The normalized spacial score (nSPS) is 15.7. The number of piperidine rings is 1. The highest BCUT2D eigenvalue weighted by molar-refractivity contribution is 5.80. The van der Waals surface area contributed by atoms with Gasteiger partial charge in [-0.2, -0.15) is 0 Å². The number of nitrogens with one attached hydrogen (secondary N) is 1. The Morgan fingerprint density at radius 1 is 1.31 bits per heavy atom. The number of halogens is 1. The Kier molecular flexibility index (Phi) is 8.01. The predicted molar refractivity (Wildman–Crippen MR) is 111 cm³/mol. The first-order chi connectivity index (χ1) is 14.2. The molecule has 29 heavy (non-hydrogen) atoms. The third kappa shape index (κ3) is 6.01. The molecule has 2 aromatic rings. The molecule has 0 bridgehead atoms. The van der Waals surface area contributed by atoms with Gasteiger partial charge in [0.25, 0.3) is 0 Å². The van der Waals surface area contributed by atoms with Gasteiger partial charge in [-0.25, -0.2) is 9.37 Å². The van der Waals surface area contributed by atoms with Crippen LogP contribution in [0.4, 0.5) is 4.39 Å². The summed E-state index contributed by atoms with van der Waals surface area (Å²) in [7, 11) is 3.48. The van der Waals surface area contributed by atoms with Crippen molar-refractivity contribution in [2.45, 2.75) is 31.9 Å². The van der Waals surface area contributed by atoms with Crippen LogP contribution in [-0.2, 0) is 16.0 Å². The van der Waals surface area contributed by atoms with Gasteiger partial charge in [0.05, 0.1) is 18.1 Å². The van der Waals surface area contributed by atoms with E-state index in [0.717, 1.165) is 57.1 Å². The summed E-state index contributed by atoms with van der Waals surface area (Å²) in [5, 5.41) is 3.34. The third-order valence-corrected chi connectivity index (χ3v) is 5.04. The monoisotopic (exact) mass is 403 g/mol. The average molecular weight is 404 g/mol. The summed E-state index contributed by atoms with van der Waals surface area (Å²) in [4.78, 5) is 10.6. The molecule has 1 N–H and O–H groups in total. The number of hydrogen-bond acceptors (Lipinski definition) is 4. The Morgan fingerprint density at radius 2 is 2.14 bits per heavy atom. The Hall–Kier alpha value is -2.45. The molecule has 0 radical (unpaired) electrons. The molecule has 0 amide bonds. The molecule has 2 heterocycles. The van der Waals surface area contributed by atoms with Crippen LogP contribution in [0.25, 0.3) is 5.69 Å². The molecule has 1 aliphatic heterocycles. The number of aliphatic imine (C=N–C) groups is 1. The summed E-state index contributed by atoms with van der Waals surface area (Å²) in [5.41, 5.74) is 1.35. The third-order valence-electron chi connectivity index (χ3n) is 5.04. The van der Waals surface area contributed by atoms with Crippen LogP contribution in [0, 0.1) is 5.82 Å². The average Bonchev–Trinajstić information content (AvgIpc) is 3.27. The fourth-order valence-corrected chi connectivity index (χ4v) is 3.47. The molecule has 0 aliphatic carbocycles. The van der Waals surface area contributed by atoms with Crippen molar-refractivity contribution in [3.8, 4) is 5.69 Å². The minimum atomic E-state index is -0.274. The molecule has 1 aliphatic rings. The second-order valence-corrected chi connectivity index (χ2v) is 7.06. The molecule has 158 valence electrons. The van der Waals surface area contributed by atoms with E-state index in [0.29, 0.717) is 18.3 Å². The molecular weight excluding hydrogens is 373 g/mol. The first-order valence-electron chi connectivity index (χ1n) is 10.0. The van der Waals surface area contributed by atoms with Gasteiger partial charge in [-0.05, 0) is 37.0 Å². The summed E-state index contributed by atoms with van der Waals surface area (Å²) >= 11 is 0. The number of imidazole rings is 1. The standard InChI is InChI=1S/C21H30FN5O2/c1-23-21(26-9-6-18(7-10-26)29-13-3-12-28-2)25-15-17-4-5-20(19(22)14-17)27-11-8-24-16-27/h4-5,8,11,14,16,18H,3,6-7,9-10,12-13,15H2,1-2H3,(H,23,25). The lowest BCUT2D eigenvalue weighted by Crippen LogP contribution is -2.46. The van der Waals surface area contributed by atoms with E-state index in [1.807, 2.05) is 6.07 Å². The molecule has 0 spiro atoms. The van der Waals surface area contributed by atoms with Crippen LogP contribution in [0.15, 0.2) is 41.9 Å². The van der Waals surface area contributed by atoms with Crippen molar-refractivity contribution in [2.75, 3.05) is 40.5 Å². The van der Waals surface area contributed by atoms with Crippen LogP contribution < -0.4 is 5.32 Å². The van der Waals surface area contributed by atoms with Crippen LogP contribution in [0.5, 0.6) is 0 Å². The highest BCUT2D eigenvalue weighted by Gasteiger charge is 2.21. The topological polar surface area (TPSA) is 63.9 Å². The van der Waals surface area contributed by atoms with E-state index < -0.39 is 0 Å². The summed E-state index contributed by atoms with van der Waals surface area (Å²) in [6.07, 6.45) is 8.12. The lowest BCUT2D eigenvalue weighted by Gasteiger charge is -2.34. The number of guanidine groups is 1. The number of methoxy groups -OCH3 is 1. The summed E-state index contributed by atoms with van der Waals surface area (Å²) in [5.74, 6) is 0.561. The molecule has 0 saturated carbocycles. The Labute approximate surface area is 171 Å². The molecule has 0 atom stereocenters. The van der Waals surface area contributed by atoms with Crippen molar-refractivity contribution in [1.29, 1.82) is 0 Å². The molecule has 8 heteroatoms. The molecule has 3 rings (SSSR count). The van der Waals surface area contributed by atoms with E-state index in [1.54, 1.807) is 49.6 Å². The zero-order valence-corrected chi connectivity index (χ0v) is 17.2. The maximum atomic E-state index is 14.4. The smallest absolute Gasteiger partial charge is 0.193 e. The van der Waals surface area contributed by atoms with Gasteiger partial charge in [0.15, 0.2) is 5.96 Å². The molecular formula is C21H30FN5O2. The van der Waals surface area contributed by atoms with Gasteiger partial charge in [-0.15, -0.1) is 0 Å². The van der Waals surface area contributed by atoms with Crippen LogP contribution in [0.2, 0.25) is 0 Å². The van der Waals surface area contributed by atoms with Gasteiger partial charge in [0.1, 0.15) is 5.82 Å². The van der Waals surface area contributed by atoms with Gasteiger partial charge in [0, 0.05) is 59.4 Å². The second kappa shape index (κ2) is 10.9. The number of benzene rings is 1. The van der Waals surface area contributed by atoms with Crippen LogP contribution in [0.3, 0.4) is 0 Å². The van der Waals surface area contributed by atoms with Crippen LogP contribution >= 0.6 is 0 Å². The Balaban J connectivity index is 1.47. The number of ether oxygens (including phenoxy) is 2. The summed E-state index contributed by atoms with van der Waals surface area (Å²) in [6.45, 7) is 3.78. The van der Waals surface area contributed by atoms with Crippen molar-refractivity contribution in [2.24, 2.45) is 4.99 Å². The number of aromatic nitrogens is 2. The first-order valence-corrected chi connectivity index (χ1v) is 10.0. The van der Waals surface area contributed by atoms with Crippen molar-refractivity contribution < 1.29 is 13.9 Å². The molecule has 0 unspecified atom stereocenters. The highest BCUT2D eigenvalue weighted by Crippen LogP contribution is 2.16. The van der Waals surface area contributed by atoms with E-state index in [1.165, 1.54) is 0 Å². The minimum Gasteiger partial charge on any atom is -0.385 e. The first kappa shape index (κ1) is 21.3. The fraction of sp³-hybridized carbons (Fsp3) is 0.524. The van der Waals surface area contributed by atoms with Gasteiger partial charge in [-0.3, -0.25) is 4.99 Å². The van der Waals surface area contributed by atoms with E-state index in [2.05, 4.69) is 20.2 Å². The summed E-state index contributed by atoms with van der Waals surface area (Å²) < 4.78 is 27.1. The quantitative estimate of drug-likeness (QED) is 0.417. The molecule has 1 aromatic carbocycles. The fourth-order valence-electron chi connectivity index (χ4n) is 3.47. The lowest BCUT2D eigenvalue weighted by molar-refractivity contribution is 0.00989. The minimum absolute atomic E-state index is 0.274. The van der Waals surface area contributed by atoms with Gasteiger partial charge in [0.2, 0.25) is 0 Å². The number of hydrogen-bond donors (Lipinski definition) is 1. The van der Waals surface area contributed by atoms with Gasteiger partial charge < -0.3 is 24.3 Å². The van der Waals surface area contributed by atoms with Crippen LogP contribution in [0.1, 0.15) is 24.8 Å². The van der Waals surface area contributed by atoms with E-state index >= 15 is 0 Å². The largest absolute Gasteiger partial charge is 0.385 e. The SMILES string of the molecule is CN=C(NCc1ccc(-n2ccnc2)c(F)c1)N1CCC(OCCCOC)CC1. The maximum absolute atomic E-state index is 14.4. The van der Waals surface area contributed by atoms with E-state index in [4.69, 9.17) is 9.47 Å². The van der Waals surface area contributed by atoms with Crippen molar-refractivity contribution in [3.63, 3.8) is 0 Å². The zero-order valence-electron chi connectivity index (χ0n) is 17.2. The molecule has 1 fully saturated rings. The number of likely N-dealkylation sites (tertiary alicyclic amines) is 1. The predicted octanol–water partition coefficient (Wildman–Crippen LogP) is 2.60. The maximum Gasteiger partial charge on any atom is 0.193 e. The number of nitrogens with zero attached hydrogens (tertiary/aromatic N) is 4. The molecule has 1 aromatic heterocycles.